The Bertz CT molecular complexity index is 412. The summed E-state index contributed by atoms with van der Waals surface area (Å²) < 4.78 is 0. The fraction of sp³-hybridized carbons (Fsp3) is 0.500. The number of amides is 1. The summed E-state index contributed by atoms with van der Waals surface area (Å²) in [6.45, 7) is 6.34. The molecule has 0 bridgehead atoms. The number of hydrogen-bond donors (Lipinski definition) is 1. The normalized spacial score (nSPS) is 12.6. The van der Waals surface area contributed by atoms with Crippen molar-refractivity contribution in [3.63, 3.8) is 0 Å². The van der Waals surface area contributed by atoms with E-state index in [0.29, 0.717) is 22.2 Å². The first-order valence-corrected chi connectivity index (χ1v) is 6.52. The number of nitrogen functional groups attached to an aromatic ring is 1. The van der Waals surface area contributed by atoms with E-state index in [1.54, 1.807) is 23.1 Å². The van der Waals surface area contributed by atoms with E-state index in [1.807, 2.05) is 14.0 Å². The minimum absolute atomic E-state index is 0.0441. The number of hydrogen-bond acceptors (Lipinski definition) is 2. The van der Waals surface area contributed by atoms with Crippen LogP contribution in [0.5, 0.6) is 0 Å². The van der Waals surface area contributed by atoms with Gasteiger partial charge in [-0.05, 0) is 37.5 Å². The van der Waals surface area contributed by atoms with Crippen molar-refractivity contribution in [1.82, 2.24) is 4.90 Å². The zero-order chi connectivity index (χ0) is 13.9. The number of nitrogens with two attached hydrogens (primary N) is 1. The first-order valence-electron chi connectivity index (χ1n) is 6.14. The van der Waals surface area contributed by atoms with Crippen molar-refractivity contribution in [2.24, 2.45) is 5.92 Å². The Hall–Kier alpha value is -1.22. The second-order valence-electron chi connectivity index (χ2n) is 5.17. The van der Waals surface area contributed by atoms with Crippen LogP contribution in [0.4, 0.5) is 5.69 Å². The van der Waals surface area contributed by atoms with Crippen molar-refractivity contribution in [1.29, 1.82) is 0 Å². The quantitative estimate of drug-likeness (QED) is 0.851. The molecule has 2 N–H and O–H groups in total. The molecule has 0 aliphatic rings. The Morgan fingerprint density at radius 3 is 2.44 bits per heavy atom. The average molecular weight is 269 g/mol. The highest BCUT2D eigenvalue weighted by Gasteiger charge is 2.18. The fourth-order valence-corrected chi connectivity index (χ4v) is 2.22. The average Bonchev–Trinajstić information content (AvgIpc) is 2.24. The van der Waals surface area contributed by atoms with E-state index in [1.165, 1.54) is 0 Å². The molecule has 1 aromatic carbocycles. The van der Waals surface area contributed by atoms with Crippen LogP contribution in [-0.4, -0.2) is 23.9 Å². The van der Waals surface area contributed by atoms with Gasteiger partial charge in [-0.1, -0.05) is 25.4 Å². The molecule has 4 heteroatoms. The van der Waals surface area contributed by atoms with Crippen LogP contribution in [0.2, 0.25) is 5.02 Å². The molecule has 0 fully saturated rings. The van der Waals surface area contributed by atoms with Gasteiger partial charge in [0.1, 0.15) is 0 Å². The van der Waals surface area contributed by atoms with Gasteiger partial charge in [0, 0.05) is 29.4 Å². The third-order valence-electron chi connectivity index (χ3n) is 2.96. The van der Waals surface area contributed by atoms with Gasteiger partial charge in [0.2, 0.25) is 0 Å². The van der Waals surface area contributed by atoms with Crippen molar-refractivity contribution >= 4 is 23.2 Å². The molecule has 0 radical (unpaired) electrons. The molecular formula is C14H21ClN2O. The van der Waals surface area contributed by atoms with Crippen molar-refractivity contribution in [3.8, 4) is 0 Å². The molecule has 0 spiro atoms. The third-order valence-corrected chi connectivity index (χ3v) is 3.18. The Morgan fingerprint density at radius 2 is 1.94 bits per heavy atom. The summed E-state index contributed by atoms with van der Waals surface area (Å²) in [5.41, 5.74) is 6.75. The predicted octanol–water partition coefficient (Wildman–Crippen LogP) is 3.43. The van der Waals surface area contributed by atoms with E-state index >= 15 is 0 Å². The summed E-state index contributed by atoms with van der Waals surface area (Å²) in [6, 6.07) is 5.14. The topological polar surface area (TPSA) is 46.3 Å². The van der Waals surface area contributed by atoms with Gasteiger partial charge >= 0.3 is 0 Å². The molecule has 1 amide bonds. The Labute approximate surface area is 114 Å². The van der Waals surface area contributed by atoms with Gasteiger partial charge in [0.15, 0.2) is 0 Å². The largest absolute Gasteiger partial charge is 0.399 e. The number of anilines is 1. The molecule has 0 saturated heterocycles. The van der Waals surface area contributed by atoms with Crippen LogP contribution in [0.3, 0.4) is 0 Å². The zero-order valence-corrected chi connectivity index (χ0v) is 12.2. The molecule has 1 aromatic rings. The molecule has 100 valence electrons. The summed E-state index contributed by atoms with van der Waals surface area (Å²) in [5.74, 6) is 0.511. The standard InChI is InChI=1S/C14H21ClN2O/c1-9(2)5-10(3)17(4)14(18)11-6-12(15)8-13(16)7-11/h6-10H,5,16H2,1-4H3. The number of carbonyl (C=O) groups is 1. The second kappa shape index (κ2) is 6.10. The summed E-state index contributed by atoms with van der Waals surface area (Å²) >= 11 is 5.91. The molecule has 3 nitrogen and oxygen atoms in total. The number of rotatable bonds is 4. The lowest BCUT2D eigenvalue weighted by molar-refractivity contribution is 0.0728. The molecule has 18 heavy (non-hydrogen) atoms. The molecule has 0 aliphatic carbocycles. The lowest BCUT2D eigenvalue weighted by atomic mass is 10.0. The lowest BCUT2D eigenvalue weighted by Gasteiger charge is -2.26. The van der Waals surface area contributed by atoms with Gasteiger partial charge in [0.05, 0.1) is 0 Å². The molecule has 1 rings (SSSR count). The maximum atomic E-state index is 12.3. The van der Waals surface area contributed by atoms with E-state index in [4.69, 9.17) is 17.3 Å². The maximum absolute atomic E-state index is 12.3. The van der Waals surface area contributed by atoms with Gasteiger partial charge < -0.3 is 10.6 Å². The molecule has 1 atom stereocenters. The Balaban J connectivity index is 2.86. The number of nitrogens with zero attached hydrogens (tertiary/aromatic N) is 1. The van der Waals surface area contributed by atoms with E-state index in [9.17, 15) is 4.79 Å². The summed E-state index contributed by atoms with van der Waals surface area (Å²) in [7, 11) is 1.81. The highest BCUT2D eigenvalue weighted by Crippen LogP contribution is 2.19. The van der Waals surface area contributed by atoms with E-state index in [2.05, 4.69) is 13.8 Å². The second-order valence-corrected chi connectivity index (χ2v) is 5.60. The minimum atomic E-state index is -0.0441. The molecule has 0 aromatic heterocycles. The maximum Gasteiger partial charge on any atom is 0.253 e. The van der Waals surface area contributed by atoms with Crippen molar-refractivity contribution < 1.29 is 4.79 Å². The smallest absolute Gasteiger partial charge is 0.253 e. The molecule has 0 saturated carbocycles. The van der Waals surface area contributed by atoms with Gasteiger partial charge in [0.25, 0.3) is 5.91 Å². The Kier molecular flexibility index (Phi) is 5.03. The molecule has 0 aliphatic heterocycles. The van der Waals surface area contributed by atoms with Gasteiger partial charge in [-0.2, -0.15) is 0 Å². The molecular weight excluding hydrogens is 248 g/mol. The van der Waals surface area contributed by atoms with Crippen molar-refractivity contribution in [2.75, 3.05) is 12.8 Å². The van der Waals surface area contributed by atoms with E-state index in [0.717, 1.165) is 6.42 Å². The zero-order valence-electron chi connectivity index (χ0n) is 11.4. The highest BCUT2D eigenvalue weighted by atomic mass is 35.5. The van der Waals surface area contributed by atoms with Crippen LogP contribution >= 0.6 is 11.6 Å². The number of halogens is 1. The number of carbonyl (C=O) groups excluding carboxylic acids is 1. The lowest BCUT2D eigenvalue weighted by Crippen LogP contribution is -2.35. The van der Waals surface area contributed by atoms with Crippen LogP contribution in [-0.2, 0) is 0 Å². The van der Waals surface area contributed by atoms with Gasteiger partial charge in [-0.25, -0.2) is 0 Å². The van der Waals surface area contributed by atoms with Crippen LogP contribution in [0.1, 0.15) is 37.6 Å². The SMILES string of the molecule is CC(C)CC(C)N(C)C(=O)c1cc(N)cc(Cl)c1. The summed E-state index contributed by atoms with van der Waals surface area (Å²) in [6.07, 6.45) is 0.971. The summed E-state index contributed by atoms with van der Waals surface area (Å²) in [5, 5.41) is 0.489. The van der Waals surface area contributed by atoms with Gasteiger partial charge in [-0.3, -0.25) is 4.79 Å². The van der Waals surface area contributed by atoms with E-state index < -0.39 is 0 Å². The first-order chi connectivity index (χ1) is 8.31. The van der Waals surface area contributed by atoms with Crippen molar-refractivity contribution in [2.45, 2.75) is 33.2 Å². The van der Waals surface area contributed by atoms with E-state index in [-0.39, 0.29) is 11.9 Å². The fourth-order valence-electron chi connectivity index (χ4n) is 1.98. The predicted molar refractivity (Wildman–Crippen MR) is 76.9 cm³/mol. The monoisotopic (exact) mass is 268 g/mol. The molecule has 0 heterocycles. The third kappa shape index (κ3) is 3.91. The summed E-state index contributed by atoms with van der Waals surface area (Å²) in [4.78, 5) is 14.0. The van der Waals surface area contributed by atoms with Gasteiger partial charge in [-0.15, -0.1) is 0 Å². The van der Waals surface area contributed by atoms with Crippen LogP contribution in [0.25, 0.3) is 0 Å². The van der Waals surface area contributed by atoms with Crippen LogP contribution < -0.4 is 5.73 Å². The highest BCUT2D eigenvalue weighted by molar-refractivity contribution is 6.31. The minimum Gasteiger partial charge on any atom is -0.399 e. The number of benzene rings is 1. The van der Waals surface area contributed by atoms with Crippen molar-refractivity contribution in [3.05, 3.63) is 28.8 Å². The van der Waals surface area contributed by atoms with Crippen LogP contribution in [0, 0.1) is 5.92 Å². The first kappa shape index (κ1) is 14.8. The van der Waals surface area contributed by atoms with Crippen LogP contribution in [0.15, 0.2) is 18.2 Å². The molecule has 1 unspecified atom stereocenters. The Morgan fingerprint density at radius 1 is 1.33 bits per heavy atom.